The second kappa shape index (κ2) is 5.80. The zero-order chi connectivity index (χ0) is 13.8. The van der Waals surface area contributed by atoms with Gasteiger partial charge in [-0.2, -0.15) is 0 Å². The van der Waals surface area contributed by atoms with Crippen LogP contribution < -0.4 is 0 Å². The van der Waals surface area contributed by atoms with Crippen LogP contribution in [0.5, 0.6) is 0 Å². The Morgan fingerprint density at radius 3 is 2.17 bits per heavy atom. The quantitative estimate of drug-likeness (QED) is 0.607. The monoisotopic (exact) mass is 246 g/mol. The number of carbonyl (C=O) groups excluding carboxylic acids is 1. The highest BCUT2D eigenvalue weighted by molar-refractivity contribution is 6.37. The molecule has 0 fully saturated rings. The Hall–Kier alpha value is -1.64. The molecule has 0 aliphatic heterocycles. The second-order valence-electron chi connectivity index (χ2n) is 5.35. The van der Waals surface area contributed by atoms with Gasteiger partial charge in [0.15, 0.2) is 11.6 Å². The van der Waals surface area contributed by atoms with Crippen molar-refractivity contribution in [3.05, 3.63) is 35.9 Å². The summed E-state index contributed by atoms with van der Waals surface area (Å²) in [4.78, 5) is 17.9. The van der Waals surface area contributed by atoms with Gasteiger partial charge < -0.3 is 4.90 Å². The number of aliphatic imine (C=N–C) groups is 1. The molecule has 0 atom stereocenters. The van der Waals surface area contributed by atoms with E-state index in [-0.39, 0.29) is 11.3 Å². The van der Waals surface area contributed by atoms with E-state index in [2.05, 4.69) is 37.9 Å². The average molecular weight is 246 g/mol. The van der Waals surface area contributed by atoms with Gasteiger partial charge in [-0.3, -0.25) is 9.79 Å². The van der Waals surface area contributed by atoms with Crippen molar-refractivity contribution in [3.8, 4) is 0 Å². The number of amidine groups is 1. The number of carbonyl (C=O) groups is 1. The molecule has 0 radical (unpaired) electrons. The lowest BCUT2D eigenvalue weighted by Crippen LogP contribution is -2.47. The summed E-state index contributed by atoms with van der Waals surface area (Å²) in [6.45, 7) is 8.51. The van der Waals surface area contributed by atoms with Gasteiger partial charge in [-0.25, -0.2) is 0 Å². The number of Topliss-reactive ketones (excluding diaryl/α,β-unsaturated/α-hetero) is 1. The molecule has 0 N–H and O–H groups in total. The summed E-state index contributed by atoms with van der Waals surface area (Å²) in [7, 11) is 1.67. The van der Waals surface area contributed by atoms with Crippen LogP contribution >= 0.6 is 0 Å². The summed E-state index contributed by atoms with van der Waals surface area (Å²) in [5.41, 5.74) is 1.03. The average Bonchev–Trinajstić information content (AvgIpc) is 2.28. The lowest BCUT2D eigenvalue weighted by molar-refractivity contribution is -0.112. The lowest BCUT2D eigenvalue weighted by Gasteiger charge is -2.37. The van der Waals surface area contributed by atoms with Gasteiger partial charge in [-0.1, -0.05) is 30.3 Å². The predicted octanol–water partition coefficient (Wildman–Crippen LogP) is 2.90. The Morgan fingerprint density at radius 1 is 1.22 bits per heavy atom. The van der Waals surface area contributed by atoms with Gasteiger partial charge in [0.05, 0.1) is 0 Å². The molecular weight excluding hydrogens is 224 g/mol. The highest BCUT2D eigenvalue weighted by Crippen LogP contribution is 2.18. The van der Waals surface area contributed by atoms with Crippen molar-refractivity contribution < 1.29 is 4.79 Å². The maximum absolute atomic E-state index is 11.7. The molecule has 0 saturated carbocycles. The molecule has 0 saturated heterocycles. The van der Waals surface area contributed by atoms with Crippen LogP contribution in [0, 0.1) is 0 Å². The van der Waals surface area contributed by atoms with Gasteiger partial charge in [0.25, 0.3) is 0 Å². The normalized spacial score (nSPS) is 12.4. The van der Waals surface area contributed by atoms with Crippen LogP contribution in [0.15, 0.2) is 35.3 Å². The van der Waals surface area contributed by atoms with Crippen molar-refractivity contribution in [2.75, 3.05) is 7.05 Å². The first kappa shape index (κ1) is 14.4. The summed E-state index contributed by atoms with van der Waals surface area (Å²) >= 11 is 0. The number of hydrogen-bond acceptors (Lipinski definition) is 2. The van der Waals surface area contributed by atoms with Gasteiger partial charge in [-0.05, 0) is 26.3 Å². The molecule has 0 aromatic heterocycles. The van der Waals surface area contributed by atoms with Crippen LogP contribution in [0.4, 0.5) is 0 Å². The second-order valence-corrected chi connectivity index (χ2v) is 5.35. The van der Waals surface area contributed by atoms with Gasteiger partial charge >= 0.3 is 0 Å². The van der Waals surface area contributed by atoms with Crippen LogP contribution in [-0.2, 0) is 11.3 Å². The molecule has 3 heteroatoms. The fourth-order valence-corrected chi connectivity index (χ4v) is 1.86. The summed E-state index contributed by atoms with van der Waals surface area (Å²) in [5, 5.41) is 0. The molecule has 0 spiro atoms. The summed E-state index contributed by atoms with van der Waals surface area (Å²) in [5.74, 6) is 0.537. The van der Waals surface area contributed by atoms with Crippen LogP contribution in [-0.4, -0.2) is 29.1 Å². The number of rotatable bonds is 3. The fraction of sp³-hybridized carbons (Fsp3) is 0.467. The SMILES string of the molecule is CN=C(C(C)=O)N(Cc1ccccc1)C(C)(C)C. The number of ketones is 1. The fourth-order valence-electron chi connectivity index (χ4n) is 1.86. The van der Waals surface area contributed by atoms with Crippen molar-refractivity contribution in [2.24, 2.45) is 4.99 Å². The maximum Gasteiger partial charge on any atom is 0.194 e. The molecular formula is C15H22N2O. The molecule has 18 heavy (non-hydrogen) atoms. The Labute approximate surface area is 110 Å². The first-order chi connectivity index (χ1) is 8.36. The van der Waals surface area contributed by atoms with E-state index in [4.69, 9.17) is 0 Å². The highest BCUT2D eigenvalue weighted by Gasteiger charge is 2.26. The number of nitrogens with zero attached hydrogens (tertiary/aromatic N) is 2. The lowest BCUT2D eigenvalue weighted by atomic mass is 10.0. The third kappa shape index (κ3) is 3.69. The Balaban J connectivity index is 3.04. The van der Waals surface area contributed by atoms with Crippen molar-refractivity contribution in [3.63, 3.8) is 0 Å². The van der Waals surface area contributed by atoms with E-state index in [9.17, 15) is 4.79 Å². The third-order valence-electron chi connectivity index (χ3n) is 2.78. The van der Waals surface area contributed by atoms with Gasteiger partial charge in [0, 0.05) is 26.1 Å². The standard InChI is InChI=1S/C15H22N2O/c1-12(18)14(16-5)17(15(2,3)4)11-13-9-7-6-8-10-13/h6-10H,11H2,1-5H3. The van der Waals surface area contributed by atoms with E-state index in [0.29, 0.717) is 12.4 Å². The Kier molecular flexibility index (Phi) is 4.65. The van der Waals surface area contributed by atoms with Crippen LogP contribution in [0.3, 0.4) is 0 Å². The first-order valence-electron chi connectivity index (χ1n) is 6.15. The minimum atomic E-state index is -0.143. The van der Waals surface area contributed by atoms with E-state index in [0.717, 1.165) is 0 Å². The smallest absolute Gasteiger partial charge is 0.194 e. The molecule has 1 aromatic rings. The largest absolute Gasteiger partial charge is 0.345 e. The first-order valence-corrected chi connectivity index (χ1v) is 6.15. The Morgan fingerprint density at radius 2 is 1.78 bits per heavy atom. The van der Waals surface area contributed by atoms with E-state index in [1.165, 1.54) is 5.56 Å². The molecule has 0 unspecified atom stereocenters. The van der Waals surface area contributed by atoms with Crippen LogP contribution in [0.1, 0.15) is 33.3 Å². The van der Waals surface area contributed by atoms with Crippen LogP contribution in [0.25, 0.3) is 0 Å². The third-order valence-corrected chi connectivity index (χ3v) is 2.78. The van der Waals surface area contributed by atoms with E-state index >= 15 is 0 Å². The van der Waals surface area contributed by atoms with E-state index in [1.54, 1.807) is 14.0 Å². The minimum absolute atomic E-state index is 0.00311. The molecule has 1 aromatic carbocycles. The number of hydrogen-bond donors (Lipinski definition) is 0. The highest BCUT2D eigenvalue weighted by atomic mass is 16.1. The molecule has 0 bridgehead atoms. The summed E-state index contributed by atoms with van der Waals surface area (Å²) < 4.78 is 0. The van der Waals surface area contributed by atoms with Gasteiger partial charge in [0.1, 0.15) is 0 Å². The molecule has 0 aliphatic rings. The minimum Gasteiger partial charge on any atom is -0.345 e. The molecule has 98 valence electrons. The molecule has 3 nitrogen and oxygen atoms in total. The van der Waals surface area contributed by atoms with Crippen molar-refractivity contribution in [1.82, 2.24) is 4.90 Å². The topological polar surface area (TPSA) is 32.7 Å². The Bertz CT molecular complexity index is 430. The molecule has 0 amide bonds. The number of benzene rings is 1. The molecule has 1 rings (SSSR count). The molecule has 0 aliphatic carbocycles. The summed E-state index contributed by atoms with van der Waals surface area (Å²) in [6.07, 6.45) is 0. The van der Waals surface area contributed by atoms with E-state index in [1.807, 2.05) is 23.1 Å². The zero-order valence-corrected chi connectivity index (χ0v) is 11.9. The van der Waals surface area contributed by atoms with E-state index < -0.39 is 0 Å². The predicted molar refractivity (Wildman–Crippen MR) is 75.8 cm³/mol. The van der Waals surface area contributed by atoms with Crippen molar-refractivity contribution in [2.45, 2.75) is 39.8 Å². The summed E-state index contributed by atoms with van der Waals surface area (Å²) in [6, 6.07) is 10.1. The molecule has 0 heterocycles. The van der Waals surface area contributed by atoms with Crippen molar-refractivity contribution in [1.29, 1.82) is 0 Å². The maximum atomic E-state index is 11.7. The van der Waals surface area contributed by atoms with Gasteiger partial charge in [-0.15, -0.1) is 0 Å². The van der Waals surface area contributed by atoms with Crippen molar-refractivity contribution >= 4 is 11.6 Å². The van der Waals surface area contributed by atoms with Crippen LogP contribution in [0.2, 0.25) is 0 Å². The zero-order valence-electron chi connectivity index (χ0n) is 11.9. The van der Waals surface area contributed by atoms with Gasteiger partial charge in [0.2, 0.25) is 0 Å².